The van der Waals surface area contributed by atoms with Crippen LogP contribution in [0.5, 0.6) is 11.5 Å². The Labute approximate surface area is 154 Å². The van der Waals surface area contributed by atoms with E-state index in [1.54, 1.807) is 31.2 Å². The van der Waals surface area contributed by atoms with Crippen molar-refractivity contribution in [2.24, 2.45) is 0 Å². The molecule has 1 aromatic heterocycles. The fourth-order valence-electron chi connectivity index (χ4n) is 2.98. The number of alkyl halides is 2. The summed E-state index contributed by atoms with van der Waals surface area (Å²) in [4.78, 5) is 13.9. The van der Waals surface area contributed by atoms with Crippen LogP contribution in [0.3, 0.4) is 0 Å². The second-order valence-corrected chi connectivity index (χ2v) is 6.37. The van der Waals surface area contributed by atoms with Crippen LogP contribution < -0.4 is 10.4 Å². The Kier molecular flexibility index (Phi) is 5.41. The van der Waals surface area contributed by atoms with Crippen LogP contribution in [-0.4, -0.2) is 23.7 Å². The number of nitrogens with zero attached hydrogens (tertiary/aromatic N) is 1. The fraction of sp³-hybridized carbons (Fsp3) is 0.250. The van der Waals surface area contributed by atoms with E-state index in [0.29, 0.717) is 24.2 Å². The number of halogens is 2. The van der Waals surface area contributed by atoms with Crippen molar-refractivity contribution in [3.8, 4) is 11.5 Å². The quantitative estimate of drug-likeness (QED) is 0.659. The Morgan fingerprint density at radius 2 is 1.85 bits per heavy atom. The first-order valence-corrected chi connectivity index (χ1v) is 8.31. The summed E-state index contributed by atoms with van der Waals surface area (Å²) in [7, 11) is 1.89. The minimum absolute atomic E-state index is 0.0715. The van der Waals surface area contributed by atoms with E-state index in [9.17, 15) is 18.7 Å². The molecule has 142 valence electrons. The molecule has 3 aromatic rings. The molecule has 0 saturated carbocycles. The van der Waals surface area contributed by atoms with Gasteiger partial charge in [0.1, 0.15) is 17.1 Å². The third kappa shape index (κ3) is 4.43. The third-order valence-corrected chi connectivity index (χ3v) is 4.26. The average molecular weight is 375 g/mol. The molecule has 0 spiro atoms. The van der Waals surface area contributed by atoms with E-state index in [2.05, 4.69) is 4.74 Å². The molecule has 0 fully saturated rings. The highest BCUT2D eigenvalue weighted by molar-refractivity contribution is 5.84. The lowest BCUT2D eigenvalue weighted by molar-refractivity contribution is -0.0498. The summed E-state index contributed by atoms with van der Waals surface area (Å²) in [6, 6.07) is 11.2. The summed E-state index contributed by atoms with van der Waals surface area (Å²) in [5.41, 5.74) is 2.11. The van der Waals surface area contributed by atoms with Gasteiger partial charge in [-0.15, -0.1) is 0 Å². The maximum absolute atomic E-state index is 12.2. The lowest BCUT2D eigenvalue weighted by atomic mass is 10.1. The molecular weight excluding hydrogens is 356 g/mol. The van der Waals surface area contributed by atoms with E-state index in [-0.39, 0.29) is 11.5 Å². The van der Waals surface area contributed by atoms with Gasteiger partial charge in [-0.3, -0.25) is 4.90 Å². The molecule has 0 saturated heterocycles. The van der Waals surface area contributed by atoms with Gasteiger partial charge in [-0.2, -0.15) is 8.78 Å². The SMILES string of the molecule is Cc1c(O)ccc2c(CN(C)Cc3ccc(OC(F)F)cc3)cc(=O)oc12. The molecule has 1 N–H and O–H groups in total. The summed E-state index contributed by atoms with van der Waals surface area (Å²) in [5, 5.41) is 10.6. The van der Waals surface area contributed by atoms with Crippen LogP contribution in [0.25, 0.3) is 11.0 Å². The summed E-state index contributed by atoms with van der Waals surface area (Å²) in [5.74, 6) is 0.181. The van der Waals surface area contributed by atoms with Crippen molar-refractivity contribution in [1.29, 1.82) is 0 Å². The number of aromatic hydroxyl groups is 1. The molecule has 27 heavy (non-hydrogen) atoms. The standard InChI is InChI=1S/C20H19F2NO4/c1-12-17(24)8-7-16-14(9-18(25)27-19(12)16)11-23(2)10-13-3-5-15(6-4-13)26-20(21)22/h3-9,20,24H,10-11H2,1-2H3. The van der Waals surface area contributed by atoms with Crippen molar-refractivity contribution in [2.75, 3.05) is 7.05 Å². The smallest absolute Gasteiger partial charge is 0.387 e. The van der Waals surface area contributed by atoms with E-state index >= 15 is 0 Å². The van der Waals surface area contributed by atoms with Gasteiger partial charge in [0, 0.05) is 30.1 Å². The first-order valence-electron chi connectivity index (χ1n) is 8.31. The molecule has 0 radical (unpaired) electrons. The average Bonchev–Trinajstić information content (AvgIpc) is 2.60. The molecule has 0 aliphatic rings. The Morgan fingerprint density at radius 1 is 1.15 bits per heavy atom. The zero-order chi connectivity index (χ0) is 19.6. The maximum atomic E-state index is 12.2. The molecule has 0 aliphatic heterocycles. The Balaban J connectivity index is 1.79. The molecule has 0 amide bonds. The molecule has 1 heterocycles. The number of benzene rings is 2. The zero-order valence-electron chi connectivity index (χ0n) is 14.9. The van der Waals surface area contributed by atoms with Crippen molar-refractivity contribution < 1.29 is 23.0 Å². The van der Waals surface area contributed by atoms with Gasteiger partial charge >= 0.3 is 12.2 Å². The van der Waals surface area contributed by atoms with Gasteiger partial charge in [0.05, 0.1) is 0 Å². The van der Waals surface area contributed by atoms with Crippen LogP contribution >= 0.6 is 0 Å². The summed E-state index contributed by atoms with van der Waals surface area (Å²) < 4.78 is 34.0. The molecule has 0 unspecified atom stereocenters. The third-order valence-electron chi connectivity index (χ3n) is 4.26. The van der Waals surface area contributed by atoms with Crippen LogP contribution in [0, 0.1) is 6.92 Å². The highest BCUT2D eigenvalue weighted by Crippen LogP contribution is 2.28. The first kappa shape index (κ1) is 18.8. The minimum atomic E-state index is -2.85. The predicted octanol–water partition coefficient (Wildman–Crippen LogP) is 4.04. The van der Waals surface area contributed by atoms with E-state index in [0.717, 1.165) is 16.5 Å². The van der Waals surface area contributed by atoms with Crippen LogP contribution in [0.1, 0.15) is 16.7 Å². The van der Waals surface area contributed by atoms with Crippen LogP contribution in [-0.2, 0) is 13.1 Å². The van der Waals surface area contributed by atoms with E-state index in [1.807, 2.05) is 11.9 Å². The van der Waals surface area contributed by atoms with Gasteiger partial charge < -0.3 is 14.3 Å². The van der Waals surface area contributed by atoms with Gasteiger partial charge in [-0.05, 0) is 49.4 Å². The summed E-state index contributed by atoms with van der Waals surface area (Å²) in [6.07, 6.45) is 0. The molecule has 5 nitrogen and oxygen atoms in total. The van der Waals surface area contributed by atoms with Crippen molar-refractivity contribution in [3.05, 3.63) is 69.6 Å². The van der Waals surface area contributed by atoms with Gasteiger partial charge in [-0.1, -0.05) is 12.1 Å². The van der Waals surface area contributed by atoms with Crippen molar-refractivity contribution in [2.45, 2.75) is 26.6 Å². The number of ether oxygens (including phenoxy) is 1. The normalized spacial score (nSPS) is 11.5. The number of fused-ring (bicyclic) bond motifs is 1. The number of phenols is 1. The van der Waals surface area contributed by atoms with Crippen molar-refractivity contribution in [1.82, 2.24) is 4.90 Å². The fourth-order valence-corrected chi connectivity index (χ4v) is 2.98. The Morgan fingerprint density at radius 3 is 2.52 bits per heavy atom. The van der Waals surface area contributed by atoms with Gasteiger partial charge in [0.25, 0.3) is 0 Å². The van der Waals surface area contributed by atoms with E-state index < -0.39 is 12.2 Å². The lowest BCUT2D eigenvalue weighted by Gasteiger charge is -2.18. The molecule has 3 rings (SSSR count). The van der Waals surface area contributed by atoms with Gasteiger partial charge in [0.2, 0.25) is 0 Å². The molecule has 0 bridgehead atoms. The highest BCUT2D eigenvalue weighted by Gasteiger charge is 2.12. The highest BCUT2D eigenvalue weighted by atomic mass is 19.3. The molecule has 0 aliphatic carbocycles. The number of hydrogen-bond donors (Lipinski definition) is 1. The molecule has 0 atom stereocenters. The summed E-state index contributed by atoms with van der Waals surface area (Å²) >= 11 is 0. The predicted molar refractivity (Wildman–Crippen MR) is 97.1 cm³/mol. The monoisotopic (exact) mass is 375 g/mol. The molecule has 2 aromatic carbocycles. The number of aryl methyl sites for hydroxylation is 1. The van der Waals surface area contributed by atoms with Crippen molar-refractivity contribution in [3.63, 3.8) is 0 Å². The van der Waals surface area contributed by atoms with E-state index in [1.165, 1.54) is 18.2 Å². The Hall–Kier alpha value is -2.93. The number of rotatable bonds is 6. The first-order chi connectivity index (χ1) is 12.8. The second kappa shape index (κ2) is 7.75. The van der Waals surface area contributed by atoms with Crippen LogP contribution in [0.15, 0.2) is 51.7 Å². The lowest BCUT2D eigenvalue weighted by Crippen LogP contribution is -2.18. The largest absolute Gasteiger partial charge is 0.508 e. The van der Waals surface area contributed by atoms with Crippen LogP contribution in [0.2, 0.25) is 0 Å². The number of phenolic OH excluding ortho intramolecular Hbond substituents is 1. The van der Waals surface area contributed by atoms with Crippen LogP contribution in [0.4, 0.5) is 8.78 Å². The molecule has 7 heteroatoms. The summed E-state index contributed by atoms with van der Waals surface area (Å²) in [6.45, 7) is -0.133. The Bertz CT molecular complexity index is 999. The number of hydrogen-bond acceptors (Lipinski definition) is 5. The second-order valence-electron chi connectivity index (χ2n) is 6.37. The zero-order valence-corrected chi connectivity index (χ0v) is 14.9. The maximum Gasteiger partial charge on any atom is 0.387 e. The van der Waals surface area contributed by atoms with Gasteiger partial charge in [-0.25, -0.2) is 4.79 Å². The van der Waals surface area contributed by atoms with E-state index in [4.69, 9.17) is 4.42 Å². The minimum Gasteiger partial charge on any atom is -0.508 e. The topological polar surface area (TPSA) is 62.9 Å². The van der Waals surface area contributed by atoms with Gasteiger partial charge in [0.15, 0.2) is 0 Å². The molecular formula is C20H19F2NO4. The van der Waals surface area contributed by atoms with Crippen molar-refractivity contribution >= 4 is 11.0 Å².